The molecule has 3 rings (SSSR count). The van der Waals surface area contributed by atoms with Gasteiger partial charge < -0.3 is 9.84 Å². The third-order valence-electron chi connectivity index (χ3n) is 3.79. The third kappa shape index (κ3) is 4.57. The van der Waals surface area contributed by atoms with Gasteiger partial charge in [-0.15, -0.1) is 0 Å². The van der Waals surface area contributed by atoms with Crippen molar-refractivity contribution in [1.29, 1.82) is 0 Å². The minimum Gasteiger partial charge on any atom is -0.355 e. The second-order valence-electron chi connectivity index (χ2n) is 5.84. The second kappa shape index (κ2) is 7.96. The Labute approximate surface area is 158 Å². The highest BCUT2D eigenvalue weighted by Crippen LogP contribution is 2.34. The summed E-state index contributed by atoms with van der Waals surface area (Å²) in [7, 11) is 0. The molecule has 0 radical (unpaired) electrons. The molecule has 0 aliphatic rings. The van der Waals surface area contributed by atoms with Crippen molar-refractivity contribution in [1.82, 2.24) is 15.1 Å². The van der Waals surface area contributed by atoms with Gasteiger partial charge in [0.25, 0.3) is 0 Å². The van der Waals surface area contributed by atoms with Gasteiger partial charge in [0.2, 0.25) is 5.89 Å². The summed E-state index contributed by atoms with van der Waals surface area (Å²) in [6.07, 6.45) is -2.31. The van der Waals surface area contributed by atoms with Crippen LogP contribution in [-0.4, -0.2) is 15.1 Å². The fourth-order valence-electron chi connectivity index (χ4n) is 2.48. The fourth-order valence-corrected chi connectivity index (χ4v) is 2.70. The summed E-state index contributed by atoms with van der Waals surface area (Å²) in [6, 6.07) is 9.44. The molecule has 9 heteroatoms. The van der Waals surface area contributed by atoms with E-state index in [0.29, 0.717) is 18.1 Å². The van der Waals surface area contributed by atoms with Gasteiger partial charge in [0, 0.05) is 12.6 Å². The monoisotopic (exact) mass is 396 g/mol. The van der Waals surface area contributed by atoms with Crippen molar-refractivity contribution in [2.45, 2.75) is 32.0 Å². The number of aryl methyl sites for hydroxylation is 1. The molecule has 27 heavy (non-hydrogen) atoms. The van der Waals surface area contributed by atoms with E-state index in [1.165, 1.54) is 0 Å². The average molecular weight is 397 g/mol. The summed E-state index contributed by atoms with van der Waals surface area (Å²) in [5.41, 5.74) is -0.127. The number of nitrogens with zero attached hydrogens (tertiary/aromatic N) is 3. The van der Waals surface area contributed by atoms with Crippen LogP contribution >= 0.6 is 11.6 Å². The predicted octanol–water partition coefficient (Wildman–Crippen LogP) is 5.29. The highest BCUT2D eigenvalue weighted by atomic mass is 35.5. The lowest BCUT2D eigenvalue weighted by Crippen LogP contribution is -2.16. The van der Waals surface area contributed by atoms with Crippen molar-refractivity contribution >= 4 is 17.4 Å². The fraction of sp³-hybridized carbons (Fsp3) is 0.278. The van der Waals surface area contributed by atoms with E-state index >= 15 is 0 Å². The SMILES string of the molecule is CCCc1nc(C(Nc2ncc(C(F)(F)F)cc2Cl)c2ccccc2)no1. The van der Waals surface area contributed by atoms with E-state index in [-0.39, 0.29) is 10.8 Å². The van der Waals surface area contributed by atoms with Crippen LogP contribution in [0.5, 0.6) is 0 Å². The lowest BCUT2D eigenvalue weighted by molar-refractivity contribution is -0.137. The normalized spacial score (nSPS) is 12.8. The van der Waals surface area contributed by atoms with E-state index in [0.717, 1.165) is 24.2 Å². The van der Waals surface area contributed by atoms with Crippen LogP contribution in [0.4, 0.5) is 19.0 Å². The molecule has 5 nitrogen and oxygen atoms in total. The Kier molecular flexibility index (Phi) is 5.65. The maximum atomic E-state index is 12.8. The lowest BCUT2D eigenvalue weighted by atomic mass is 10.1. The van der Waals surface area contributed by atoms with Gasteiger partial charge in [-0.25, -0.2) is 4.98 Å². The van der Waals surface area contributed by atoms with E-state index in [2.05, 4.69) is 20.4 Å². The Morgan fingerprint density at radius 1 is 1.22 bits per heavy atom. The van der Waals surface area contributed by atoms with Gasteiger partial charge in [-0.3, -0.25) is 0 Å². The summed E-state index contributed by atoms with van der Waals surface area (Å²) in [5, 5.41) is 6.86. The third-order valence-corrected chi connectivity index (χ3v) is 4.08. The summed E-state index contributed by atoms with van der Waals surface area (Å²) in [6.45, 7) is 1.99. The molecule has 0 bridgehead atoms. The van der Waals surface area contributed by atoms with Crippen LogP contribution in [-0.2, 0) is 12.6 Å². The van der Waals surface area contributed by atoms with Gasteiger partial charge in [0.1, 0.15) is 11.9 Å². The molecule has 0 saturated carbocycles. The van der Waals surface area contributed by atoms with E-state index in [4.69, 9.17) is 16.1 Å². The van der Waals surface area contributed by atoms with Crippen molar-refractivity contribution in [3.05, 3.63) is 70.5 Å². The number of hydrogen-bond acceptors (Lipinski definition) is 5. The van der Waals surface area contributed by atoms with Crippen molar-refractivity contribution in [3.8, 4) is 0 Å². The van der Waals surface area contributed by atoms with Gasteiger partial charge in [-0.1, -0.05) is 54.0 Å². The number of alkyl halides is 3. The zero-order chi connectivity index (χ0) is 19.4. The topological polar surface area (TPSA) is 63.8 Å². The minimum absolute atomic E-state index is 0.0976. The van der Waals surface area contributed by atoms with Gasteiger partial charge in [-0.2, -0.15) is 18.2 Å². The molecule has 1 atom stereocenters. The molecular formula is C18H16ClF3N4O. The molecule has 1 N–H and O–H groups in total. The molecule has 142 valence electrons. The molecule has 2 heterocycles. The van der Waals surface area contributed by atoms with Crippen molar-refractivity contribution in [2.24, 2.45) is 0 Å². The molecule has 0 aliphatic carbocycles. The quantitative estimate of drug-likeness (QED) is 0.613. The molecular weight excluding hydrogens is 381 g/mol. The summed E-state index contributed by atoms with van der Waals surface area (Å²) >= 11 is 6.02. The lowest BCUT2D eigenvalue weighted by Gasteiger charge is -2.18. The van der Waals surface area contributed by atoms with Gasteiger partial charge >= 0.3 is 6.18 Å². The molecule has 1 unspecified atom stereocenters. The Bertz CT molecular complexity index is 899. The Balaban J connectivity index is 1.94. The molecule has 0 amide bonds. The number of anilines is 1. The molecule has 3 aromatic rings. The van der Waals surface area contributed by atoms with Crippen LogP contribution in [0.2, 0.25) is 5.02 Å². The number of benzene rings is 1. The second-order valence-corrected chi connectivity index (χ2v) is 6.24. The Morgan fingerprint density at radius 2 is 1.96 bits per heavy atom. The summed E-state index contributed by atoms with van der Waals surface area (Å²) in [5.74, 6) is 0.935. The van der Waals surface area contributed by atoms with Crippen molar-refractivity contribution in [3.63, 3.8) is 0 Å². The van der Waals surface area contributed by atoms with E-state index < -0.39 is 17.8 Å². The van der Waals surface area contributed by atoms with Crippen LogP contribution < -0.4 is 5.32 Å². The Hall–Kier alpha value is -2.61. The maximum absolute atomic E-state index is 12.8. The zero-order valence-electron chi connectivity index (χ0n) is 14.3. The molecule has 2 aromatic heterocycles. The first-order valence-electron chi connectivity index (χ1n) is 8.25. The highest BCUT2D eigenvalue weighted by Gasteiger charge is 2.32. The summed E-state index contributed by atoms with van der Waals surface area (Å²) < 4.78 is 43.7. The number of hydrogen-bond donors (Lipinski definition) is 1. The maximum Gasteiger partial charge on any atom is 0.417 e. The number of nitrogens with one attached hydrogen (secondary N) is 1. The summed E-state index contributed by atoms with van der Waals surface area (Å²) in [4.78, 5) is 8.20. The van der Waals surface area contributed by atoms with Crippen molar-refractivity contribution in [2.75, 3.05) is 5.32 Å². The van der Waals surface area contributed by atoms with Crippen LogP contribution in [0.15, 0.2) is 47.1 Å². The first-order chi connectivity index (χ1) is 12.9. The minimum atomic E-state index is -4.52. The molecule has 0 aliphatic heterocycles. The molecule has 1 aromatic carbocycles. The predicted molar refractivity (Wildman–Crippen MR) is 94.4 cm³/mol. The number of rotatable bonds is 6. The van der Waals surface area contributed by atoms with Gasteiger partial charge in [0.15, 0.2) is 5.82 Å². The largest absolute Gasteiger partial charge is 0.417 e. The van der Waals surface area contributed by atoms with Gasteiger partial charge in [0.05, 0.1) is 10.6 Å². The first kappa shape index (κ1) is 19.2. The highest BCUT2D eigenvalue weighted by molar-refractivity contribution is 6.33. The van der Waals surface area contributed by atoms with E-state index in [1.807, 2.05) is 37.3 Å². The smallest absolute Gasteiger partial charge is 0.355 e. The number of pyridine rings is 1. The number of halogens is 4. The van der Waals surface area contributed by atoms with Crippen molar-refractivity contribution < 1.29 is 17.7 Å². The molecule has 0 saturated heterocycles. The standard InChI is InChI=1S/C18H16ClF3N4O/c1-2-6-14-24-17(26-27-14)15(11-7-4-3-5-8-11)25-16-13(19)9-12(10-23-16)18(20,21)22/h3-5,7-10,15H,2,6H2,1H3,(H,23,25). The van der Waals surface area contributed by atoms with E-state index in [1.54, 1.807) is 0 Å². The molecule has 0 fully saturated rings. The van der Waals surface area contributed by atoms with Crippen LogP contribution in [0.25, 0.3) is 0 Å². The zero-order valence-corrected chi connectivity index (χ0v) is 15.1. The van der Waals surface area contributed by atoms with Crippen LogP contribution in [0.3, 0.4) is 0 Å². The average Bonchev–Trinajstić information content (AvgIpc) is 3.09. The first-order valence-corrected chi connectivity index (χ1v) is 8.63. The van der Waals surface area contributed by atoms with Crippen LogP contribution in [0.1, 0.15) is 42.2 Å². The van der Waals surface area contributed by atoms with E-state index in [9.17, 15) is 13.2 Å². The van der Waals surface area contributed by atoms with Crippen LogP contribution in [0, 0.1) is 0 Å². The molecule has 0 spiro atoms. The van der Waals surface area contributed by atoms with Gasteiger partial charge in [-0.05, 0) is 18.1 Å². The Morgan fingerprint density at radius 3 is 2.59 bits per heavy atom. The number of aromatic nitrogens is 3.